The van der Waals surface area contributed by atoms with Crippen molar-refractivity contribution in [2.45, 2.75) is 45.6 Å². The molecule has 1 aliphatic rings. The maximum atomic E-state index is 12.2. The summed E-state index contributed by atoms with van der Waals surface area (Å²) in [6.45, 7) is 7.60. The summed E-state index contributed by atoms with van der Waals surface area (Å²) in [6, 6.07) is 5.25. The first-order chi connectivity index (χ1) is 11.8. The number of carbonyl (C=O) groups is 2. The van der Waals surface area contributed by atoms with E-state index in [1.807, 2.05) is 20.8 Å². The number of rotatable bonds is 6. The molecule has 2 rings (SSSR count). The van der Waals surface area contributed by atoms with Crippen LogP contribution in [-0.4, -0.2) is 53.7 Å². The molecule has 0 spiro atoms. The second-order valence-electron chi connectivity index (χ2n) is 7.41. The van der Waals surface area contributed by atoms with E-state index in [9.17, 15) is 9.59 Å². The van der Waals surface area contributed by atoms with E-state index in [-0.39, 0.29) is 18.5 Å². The van der Waals surface area contributed by atoms with Crippen LogP contribution in [0.3, 0.4) is 0 Å². The first-order valence-electron chi connectivity index (χ1n) is 8.85. The highest BCUT2D eigenvalue weighted by Gasteiger charge is 2.27. The van der Waals surface area contributed by atoms with Crippen LogP contribution < -0.4 is 0 Å². The number of ketones is 1. The summed E-state index contributed by atoms with van der Waals surface area (Å²) in [6.07, 6.45) is 4.21. The Labute approximate surface area is 149 Å². The van der Waals surface area contributed by atoms with Crippen LogP contribution >= 0.6 is 0 Å². The lowest BCUT2D eigenvalue weighted by atomic mass is 9.95. The highest BCUT2D eigenvalue weighted by molar-refractivity contribution is 5.95. The molecule has 1 amide bonds. The van der Waals surface area contributed by atoms with Crippen molar-refractivity contribution in [3.05, 3.63) is 30.1 Å². The molecule has 0 bridgehead atoms. The fraction of sp³-hybridized carbons (Fsp3) is 0.632. The van der Waals surface area contributed by atoms with Crippen LogP contribution in [-0.2, 0) is 9.47 Å². The third-order valence-corrected chi connectivity index (χ3v) is 4.02. The molecule has 6 nitrogen and oxygen atoms in total. The van der Waals surface area contributed by atoms with Gasteiger partial charge in [0.1, 0.15) is 17.9 Å². The van der Waals surface area contributed by atoms with Crippen molar-refractivity contribution in [2.24, 2.45) is 5.92 Å². The van der Waals surface area contributed by atoms with E-state index in [4.69, 9.17) is 9.47 Å². The third-order valence-electron chi connectivity index (χ3n) is 4.02. The lowest BCUT2D eigenvalue weighted by Gasteiger charge is -2.34. The minimum atomic E-state index is -0.473. The van der Waals surface area contributed by atoms with Crippen molar-refractivity contribution in [1.82, 2.24) is 9.88 Å². The summed E-state index contributed by atoms with van der Waals surface area (Å²) in [5, 5.41) is 0. The Balaban J connectivity index is 1.69. The van der Waals surface area contributed by atoms with Crippen LogP contribution in [0.25, 0.3) is 0 Å². The highest BCUT2D eigenvalue weighted by Crippen LogP contribution is 2.21. The van der Waals surface area contributed by atoms with Gasteiger partial charge in [0.15, 0.2) is 0 Å². The van der Waals surface area contributed by atoms with Crippen molar-refractivity contribution in [1.29, 1.82) is 0 Å². The Morgan fingerprint density at radius 1 is 1.32 bits per heavy atom. The molecular formula is C19H28N2O4. The number of aromatic nitrogens is 1. The first-order valence-corrected chi connectivity index (χ1v) is 8.85. The zero-order valence-electron chi connectivity index (χ0n) is 15.4. The smallest absolute Gasteiger partial charge is 0.410 e. The molecule has 0 saturated carbocycles. The summed E-state index contributed by atoms with van der Waals surface area (Å²) in [7, 11) is 0. The lowest BCUT2D eigenvalue weighted by Crippen LogP contribution is -2.43. The number of amides is 1. The van der Waals surface area contributed by atoms with E-state index < -0.39 is 5.60 Å². The molecule has 6 heteroatoms. The Morgan fingerprint density at radius 3 is 2.80 bits per heavy atom. The van der Waals surface area contributed by atoms with E-state index in [0.29, 0.717) is 24.8 Å². The van der Waals surface area contributed by atoms with E-state index in [2.05, 4.69) is 4.98 Å². The molecule has 0 aliphatic carbocycles. The molecule has 1 fully saturated rings. The van der Waals surface area contributed by atoms with E-state index in [0.717, 1.165) is 25.8 Å². The van der Waals surface area contributed by atoms with Gasteiger partial charge in [0.25, 0.3) is 0 Å². The Kier molecular flexibility index (Phi) is 6.93. The summed E-state index contributed by atoms with van der Waals surface area (Å²) >= 11 is 0. The number of piperidine rings is 1. The molecule has 1 aromatic rings. The summed E-state index contributed by atoms with van der Waals surface area (Å²) in [5.74, 6) is 0.269. The fourth-order valence-electron chi connectivity index (χ4n) is 2.81. The molecule has 138 valence electrons. The second-order valence-corrected chi connectivity index (χ2v) is 7.41. The molecule has 0 aromatic carbocycles. The van der Waals surface area contributed by atoms with Crippen LogP contribution in [0.15, 0.2) is 24.4 Å². The average molecular weight is 348 g/mol. The molecule has 25 heavy (non-hydrogen) atoms. The Bertz CT molecular complexity index is 569. The van der Waals surface area contributed by atoms with E-state index >= 15 is 0 Å². The summed E-state index contributed by atoms with van der Waals surface area (Å²) in [4.78, 5) is 29.9. The van der Waals surface area contributed by atoms with Gasteiger partial charge in [-0.05, 0) is 58.1 Å². The van der Waals surface area contributed by atoms with Crippen molar-refractivity contribution in [2.75, 3.05) is 26.3 Å². The number of hydrogen-bond acceptors (Lipinski definition) is 5. The predicted molar refractivity (Wildman–Crippen MR) is 94.5 cm³/mol. The van der Waals surface area contributed by atoms with Gasteiger partial charge in [-0.15, -0.1) is 0 Å². The van der Waals surface area contributed by atoms with Gasteiger partial charge >= 0.3 is 6.09 Å². The van der Waals surface area contributed by atoms with Gasteiger partial charge in [0.2, 0.25) is 5.78 Å². The molecule has 1 atom stereocenters. The SMILES string of the molecule is CC(C)(C)OC(=O)N1CCC[C@@H](CCOCC(=O)c2ccccn2)C1. The van der Waals surface area contributed by atoms with Gasteiger partial charge in [0.05, 0.1) is 0 Å². The molecule has 0 radical (unpaired) electrons. The van der Waals surface area contributed by atoms with Gasteiger partial charge in [-0.2, -0.15) is 0 Å². The van der Waals surface area contributed by atoms with Crippen LogP contribution in [0.1, 0.15) is 50.5 Å². The van der Waals surface area contributed by atoms with Crippen LogP contribution in [0, 0.1) is 5.92 Å². The fourth-order valence-corrected chi connectivity index (χ4v) is 2.81. The monoisotopic (exact) mass is 348 g/mol. The zero-order valence-corrected chi connectivity index (χ0v) is 15.4. The molecule has 1 saturated heterocycles. The van der Waals surface area contributed by atoms with E-state index in [1.54, 1.807) is 29.3 Å². The molecular weight excluding hydrogens is 320 g/mol. The maximum Gasteiger partial charge on any atom is 0.410 e. The summed E-state index contributed by atoms with van der Waals surface area (Å²) < 4.78 is 10.9. The Hall–Kier alpha value is -1.95. The normalized spacial score (nSPS) is 18.0. The van der Waals surface area contributed by atoms with Gasteiger partial charge in [-0.25, -0.2) is 4.79 Å². The Morgan fingerprint density at radius 2 is 2.12 bits per heavy atom. The number of nitrogens with zero attached hydrogens (tertiary/aromatic N) is 2. The topological polar surface area (TPSA) is 68.7 Å². The molecule has 1 aromatic heterocycles. The number of carbonyl (C=O) groups excluding carboxylic acids is 2. The molecule has 2 heterocycles. The van der Waals surface area contributed by atoms with E-state index in [1.165, 1.54) is 0 Å². The van der Waals surface area contributed by atoms with Gasteiger partial charge in [-0.3, -0.25) is 9.78 Å². The first kappa shape index (κ1) is 19.4. The number of pyridine rings is 1. The van der Waals surface area contributed by atoms with Crippen LogP contribution in [0.4, 0.5) is 4.79 Å². The van der Waals surface area contributed by atoms with Gasteiger partial charge in [0, 0.05) is 25.9 Å². The minimum absolute atomic E-state index is 0.0412. The summed E-state index contributed by atoms with van der Waals surface area (Å²) in [5.41, 5.74) is -0.0461. The van der Waals surface area contributed by atoms with Crippen molar-refractivity contribution in [3.63, 3.8) is 0 Å². The lowest BCUT2D eigenvalue weighted by molar-refractivity contribution is 0.0141. The number of ether oxygens (including phenoxy) is 2. The van der Waals surface area contributed by atoms with Crippen molar-refractivity contribution >= 4 is 11.9 Å². The number of Topliss-reactive ketones (excluding diaryl/α,β-unsaturated/α-hetero) is 1. The minimum Gasteiger partial charge on any atom is -0.444 e. The average Bonchev–Trinajstić information content (AvgIpc) is 2.58. The molecule has 0 N–H and O–H groups in total. The quantitative estimate of drug-likeness (QED) is 0.583. The van der Waals surface area contributed by atoms with Gasteiger partial charge in [-0.1, -0.05) is 6.07 Å². The molecule has 1 aliphatic heterocycles. The van der Waals surface area contributed by atoms with Crippen molar-refractivity contribution in [3.8, 4) is 0 Å². The largest absolute Gasteiger partial charge is 0.444 e. The second kappa shape index (κ2) is 8.94. The third kappa shape index (κ3) is 6.82. The highest BCUT2D eigenvalue weighted by atomic mass is 16.6. The van der Waals surface area contributed by atoms with Crippen molar-refractivity contribution < 1.29 is 19.1 Å². The maximum absolute atomic E-state index is 12.2. The molecule has 0 unspecified atom stereocenters. The van der Waals surface area contributed by atoms with Crippen LogP contribution in [0.2, 0.25) is 0 Å². The zero-order chi connectivity index (χ0) is 18.3. The number of hydrogen-bond donors (Lipinski definition) is 0. The predicted octanol–water partition coefficient (Wildman–Crippen LogP) is 3.32. The van der Waals surface area contributed by atoms with Gasteiger partial charge < -0.3 is 14.4 Å². The standard InChI is InChI=1S/C19H28N2O4/c1-19(2,3)25-18(23)21-11-6-7-15(13-21)9-12-24-14-17(22)16-8-4-5-10-20-16/h4-5,8,10,15H,6-7,9,11-14H2,1-3H3/t15-/m0/s1. The van der Waals surface area contributed by atoms with Crippen LogP contribution in [0.5, 0.6) is 0 Å². The number of likely N-dealkylation sites (tertiary alicyclic amines) is 1.